The van der Waals surface area contributed by atoms with Gasteiger partial charge in [-0.3, -0.25) is 4.90 Å². The molecule has 0 bridgehead atoms. The molecule has 0 saturated carbocycles. The molecular formula is C15H17F3N2O2S. The molecule has 4 nitrogen and oxygen atoms in total. The van der Waals surface area contributed by atoms with Crippen LogP contribution in [0.4, 0.5) is 13.2 Å². The van der Waals surface area contributed by atoms with E-state index in [1.807, 2.05) is 22.4 Å². The second kappa shape index (κ2) is 6.62. The number of halogens is 3. The zero-order chi connectivity index (χ0) is 16.4. The molecule has 3 heterocycles. The van der Waals surface area contributed by atoms with Gasteiger partial charge in [-0.15, -0.1) is 11.3 Å². The molecule has 23 heavy (non-hydrogen) atoms. The molecule has 3 rings (SSSR count). The topological polar surface area (TPSA) is 49.5 Å². The van der Waals surface area contributed by atoms with Crippen molar-refractivity contribution in [1.29, 1.82) is 0 Å². The Labute approximate surface area is 135 Å². The normalized spacial score (nSPS) is 19.1. The van der Waals surface area contributed by atoms with Gasteiger partial charge in [0.05, 0.1) is 17.6 Å². The maximum absolute atomic E-state index is 12.5. The lowest BCUT2D eigenvalue weighted by atomic mass is 9.91. The number of hydrogen-bond donors (Lipinski definition) is 1. The van der Waals surface area contributed by atoms with E-state index in [9.17, 15) is 18.3 Å². The van der Waals surface area contributed by atoms with Gasteiger partial charge in [-0.05, 0) is 43.3 Å². The van der Waals surface area contributed by atoms with Crippen molar-refractivity contribution < 1.29 is 22.7 Å². The smallest absolute Gasteiger partial charge is 0.414 e. The highest BCUT2D eigenvalue weighted by atomic mass is 32.1. The predicted molar refractivity (Wildman–Crippen MR) is 79.9 cm³/mol. The quantitative estimate of drug-likeness (QED) is 0.920. The number of aromatic nitrogens is 1. The van der Waals surface area contributed by atoms with Crippen molar-refractivity contribution in [2.24, 2.45) is 5.92 Å². The number of thiophene rings is 1. The van der Waals surface area contributed by atoms with E-state index in [2.05, 4.69) is 4.98 Å². The molecule has 2 aromatic heterocycles. The SMILES string of the molecule is OC(C1CCN(Cc2ncc(-c3cccs3)o2)CC1)C(F)(F)F. The highest BCUT2D eigenvalue weighted by molar-refractivity contribution is 7.13. The fraction of sp³-hybridized carbons (Fsp3) is 0.533. The van der Waals surface area contributed by atoms with Crippen molar-refractivity contribution in [2.75, 3.05) is 13.1 Å². The van der Waals surface area contributed by atoms with E-state index in [4.69, 9.17) is 4.42 Å². The minimum absolute atomic E-state index is 0.319. The van der Waals surface area contributed by atoms with Crippen LogP contribution in [0.1, 0.15) is 18.7 Å². The van der Waals surface area contributed by atoms with Gasteiger partial charge in [-0.25, -0.2) is 4.98 Å². The summed E-state index contributed by atoms with van der Waals surface area (Å²) in [6, 6.07) is 3.87. The van der Waals surface area contributed by atoms with E-state index < -0.39 is 18.2 Å². The minimum Gasteiger partial charge on any atom is -0.438 e. The third-order valence-electron chi connectivity index (χ3n) is 4.09. The van der Waals surface area contributed by atoms with Gasteiger partial charge in [0.25, 0.3) is 0 Å². The Balaban J connectivity index is 1.53. The van der Waals surface area contributed by atoms with E-state index in [-0.39, 0.29) is 0 Å². The second-order valence-electron chi connectivity index (χ2n) is 5.70. The summed E-state index contributed by atoms with van der Waals surface area (Å²) in [5.74, 6) is 0.540. The first-order valence-corrected chi connectivity index (χ1v) is 8.27. The summed E-state index contributed by atoms with van der Waals surface area (Å²) in [4.78, 5) is 7.23. The van der Waals surface area contributed by atoms with Crippen molar-refractivity contribution >= 4 is 11.3 Å². The van der Waals surface area contributed by atoms with E-state index in [0.717, 1.165) is 4.88 Å². The van der Waals surface area contributed by atoms with Gasteiger partial charge in [0.15, 0.2) is 11.9 Å². The van der Waals surface area contributed by atoms with Crippen LogP contribution in [-0.2, 0) is 6.54 Å². The van der Waals surface area contributed by atoms with Crippen LogP contribution in [0, 0.1) is 5.92 Å². The third-order valence-corrected chi connectivity index (χ3v) is 4.98. The molecule has 2 aromatic rings. The van der Waals surface area contributed by atoms with Crippen molar-refractivity contribution in [2.45, 2.75) is 31.7 Å². The van der Waals surface area contributed by atoms with Crippen LogP contribution in [0.25, 0.3) is 10.6 Å². The maximum Gasteiger partial charge on any atom is 0.414 e. The fourth-order valence-corrected chi connectivity index (χ4v) is 3.47. The zero-order valence-electron chi connectivity index (χ0n) is 12.3. The molecule has 1 N–H and O–H groups in total. The summed E-state index contributed by atoms with van der Waals surface area (Å²) in [5, 5.41) is 11.3. The van der Waals surface area contributed by atoms with Crippen molar-refractivity contribution in [3.63, 3.8) is 0 Å². The van der Waals surface area contributed by atoms with Crippen LogP contribution >= 0.6 is 11.3 Å². The molecule has 1 aliphatic heterocycles. The molecule has 1 saturated heterocycles. The minimum atomic E-state index is -4.54. The lowest BCUT2D eigenvalue weighted by molar-refractivity contribution is -0.223. The lowest BCUT2D eigenvalue weighted by Crippen LogP contribution is -2.43. The highest BCUT2D eigenvalue weighted by Crippen LogP contribution is 2.32. The second-order valence-corrected chi connectivity index (χ2v) is 6.64. The Hall–Kier alpha value is -1.38. The summed E-state index contributed by atoms with van der Waals surface area (Å²) in [7, 11) is 0. The van der Waals surface area contributed by atoms with Gasteiger partial charge in [0, 0.05) is 0 Å². The molecule has 1 atom stereocenters. The summed E-state index contributed by atoms with van der Waals surface area (Å²) < 4.78 is 43.3. The number of hydrogen-bond acceptors (Lipinski definition) is 5. The van der Waals surface area contributed by atoms with Crippen LogP contribution in [-0.4, -0.2) is 40.4 Å². The molecular weight excluding hydrogens is 329 g/mol. The summed E-state index contributed by atoms with van der Waals surface area (Å²) in [6.45, 7) is 1.46. The van der Waals surface area contributed by atoms with Crippen molar-refractivity contribution in [3.05, 3.63) is 29.6 Å². The number of aliphatic hydroxyl groups is 1. The first-order valence-electron chi connectivity index (χ1n) is 7.39. The number of nitrogens with zero attached hydrogens (tertiary/aromatic N) is 2. The Morgan fingerprint density at radius 3 is 2.74 bits per heavy atom. The molecule has 0 aliphatic carbocycles. The first-order chi connectivity index (χ1) is 10.9. The van der Waals surface area contributed by atoms with Gasteiger partial charge in [0.2, 0.25) is 5.89 Å². The third kappa shape index (κ3) is 3.94. The molecule has 0 amide bonds. The predicted octanol–water partition coefficient (Wildman–Crippen LogP) is 3.54. The van der Waals surface area contributed by atoms with Gasteiger partial charge in [-0.1, -0.05) is 6.07 Å². The van der Waals surface area contributed by atoms with Crippen molar-refractivity contribution in [1.82, 2.24) is 9.88 Å². The van der Waals surface area contributed by atoms with Crippen LogP contribution < -0.4 is 0 Å². The number of likely N-dealkylation sites (tertiary alicyclic amines) is 1. The van der Waals surface area contributed by atoms with Gasteiger partial charge >= 0.3 is 6.18 Å². The molecule has 0 aromatic carbocycles. The molecule has 1 aliphatic rings. The Bertz CT molecular complexity index is 619. The average Bonchev–Trinajstić information content (AvgIpc) is 3.17. The standard InChI is InChI=1S/C15H17F3N2O2S/c16-15(17,18)14(21)10-3-5-20(6-4-10)9-13-19-8-11(22-13)12-2-1-7-23-12/h1-2,7-8,10,14,21H,3-6,9H2. The van der Waals surface area contributed by atoms with E-state index in [1.165, 1.54) is 0 Å². The van der Waals surface area contributed by atoms with Gasteiger partial charge in [-0.2, -0.15) is 13.2 Å². The molecule has 1 unspecified atom stereocenters. The highest BCUT2D eigenvalue weighted by Gasteiger charge is 2.44. The Morgan fingerprint density at radius 2 is 2.13 bits per heavy atom. The van der Waals surface area contributed by atoms with Gasteiger partial charge in [0.1, 0.15) is 0 Å². The van der Waals surface area contributed by atoms with Crippen LogP contribution in [0.15, 0.2) is 28.1 Å². The number of piperidine rings is 1. The monoisotopic (exact) mass is 346 g/mol. The van der Waals surface area contributed by atoms with E-state index in [1.54, 1.807) is 17.5 Å². The van der Waals surface area contributed by atoms with Crippen molar-refractivity contribution in [3.8, 4) is 10.6 Å². The fourth-order valence-electron chi connectivity index (χ4n) is 2.80. The Morgan fingerprint density at radius 1 is 1.39 bits per heavy atom. The maximum atomic E-state index is 12.5. The number of rotatable bonds is 4. The number of oxazole rings is 1. The molecule has 0 radical (unpaired) electrons. The zero-order valence-corrected chi connectivity index (χ0v) is 13.1. The van der Waals surface area contributed by atoms with Crippen LogP contribution in [0.5, 0.6) is 0 Å². The average molecular weight is 346 g/mol. The van der Waals surface area contributed by atoms with E-state index >= 15 is 0 Å². The number of aliphatic hydroxyl groups excluding tert-OH is 1. The molecule has 8 heteroatoms. The molecule has 126 valence electrons. The van der Waals surface area contributed by atoms with E-state index in [0.29, 0.717) is 44.1 Å². The largest absolute Gasteiger partial charge is 0.438 e. The summed E-state index contributed by atoms with van der Waals surface area (Å²) in [6.07, 6.45) is -4.46. The Kier molecular flexibility index (Phi) is 4.74. The van der Waals surface area contributed by atoms with Crippen LogP contribution in [0.3, 0.4) is 0 Å². The van der Waals surface area contributed by atoms with Gasteiger partial charge < -0.3 is 9.52 Å². The number of alkyl halides is 3. The summed E-state index contributed by atoms with van der Waals surface area (Å²) >= 11 is 1.56. The lowest BCUT2D eigenvalue weighted by Gasteiger charge is -2.34. The first kappa shape index (κ1) is 16.5. The van der Waals surface area contributed by atoms with Crippen LogP contribution in [0.2, 0.25) is 0 Å². The molecule has 0 spiro atoms. The molecule has 1 fully saturated rings. The summed E-state index contributed by atoms with van der Waals surface area (Å²) in [5.41, 5.74) is 0.